The van der Waals surface area contributed by atoms with Gasteiger partial charge in [0.2, 0.25) is 5.91 Å². The molecule has 5 nitrogen and oxygen atoms in total. The first kappa shape index (κ1) is 24.2. The topological polar surface area (TPSA) is 83.5 Å². The molecule has 0 radical (unpaired) electrons. The fourth-order valence-corrected chi connectivity index (χ4v) is 5.10. The van der Waals surface area contributed by atoms with Gasteiger partial charge in [-0.2, -0.15) is 8.42 Å². The van der Waals surface area contributed by atoms with E-state index in [0.29, 0.717) is 0 Å². The van der Waals surface area contributed by atoms with Crippen LogP contribution in [-0.4, -0.2) is 30.2 Å². The Hall–Kier alpha value is -0.880. The van der Waals surface area contributed by atoms with E-state index < -0.39 is 21.4 Å². The summed E-state index contributed by atoms with van der Waals surface area (Å²) in [5, 5.41) is 2.72. The van der Waals surface area contributed by atoms with Gasteiger partial charge in [0.25, 0.3) is 10.1 Å². The van der Waals surface area contributed by atoms with E-state index in [2.05, 4.69) is 24.4 Å². The molecule has 6 heteroatoms. The molecule has 158 valence electrons. The normalized spacial score (nSPS) is 19.1. The highest BCUT2D eigenvalue weighted by Gasteiger charge is 2.28. The molecular formula is C21H39NO4S. The molecular weight excluding hydrogens is 362 g/mol. The maximum atomic E-state index is 12.3. The largest absolute Gasteiger partial charge is 0.350 e. The summed E-state index contributed by atoms with van der Waals surface area (Å²) in [6.07, 6.45) is 15.3. The molecule has 1 rings (SSSR count). The second kappa shape index (κ2) is 11.2. The monoisotopic (exact) mass is 401 g/mol. The van der Waals surface area contributed by atoms with Crippen LogP contribution in [0, 0.1) is 17.8 Å². The lowest BCUT2D eigenvalue weighted by Gasteiger charge is -2.28. The van der Waals surface area contributed by atoms with Gasteiger partial charge in [0.05, 0.1) is 11.3 Å². The van der Waals surface area contributed by atoms with Crippen LogP contribution in [0.2, 0.25) is 0 Å². The number of hydrogen-bond acceptors (Lipinski definition) is 3. The van der Waals surface area contributed by atoms with Gasteiger partial charge in [-0.05, 0) is 44.9 Å². The molecule has 1 aliphatic rings. The van der Waals surface area contributed by atoms with Crippen LogP contribution in [0.25, 0.3) is 0 Å². The molecule has 1 saturated carbocycles. The number of rotatable bonds is 11. The van der Waals surface area contributed by atoms with Crippen molar-refractivity contribution in [3.8, 4) is 0 Å². The predicted molar refractivity (Wildman–Crippen MR) is 111 cm³/mol. The molecule has 1 fully saturated rings. The third-order valence-electron chi connectivity index (χ3n) is 5.67. The van der Waals surface area contributed by atoms with Crippen molar-refractivity contribution in [3.05, 3.63) is 12.2 Å². The fraction of sp³-hybridized carbons (Fsp3) is 0.857. The highest BCUT2D eigenvalue weighted by Crippen LogP contribution is 2.33. The average Bonchev–Trinajstić information content (AvgIpc) is 2.56. The van der Waals surface area contributed by atoms with E-state index in [1.807, 2.05) is 6.92 Å². The van der Waals surface area contributed by atoms with E-state index in [1.54, 1.807) is 13.8 Å². The minimum atomic E-state index is -4.12. The van der Waals surface area contributed by atoms with Gasteiger partial charge in [-0.25, -0.2) is 0 Å². The van der Waals surface area contributed by atoms with E-state index in [-0.39, 0.29) is 11.8 Å². The van der Waals surface area contributed by atoms with Crippen LogP contribution < -0.4 is 5.32 Å². The third kappa shape index (κ3) is 10.3. The molecule has 0 spiro atoms. The van der Waals surface area contributed by atoms with Crippen molar-refractivity contribution in [1.82, 2.24) is 5.32 Å². The summed E-state index contributed by atoms with van der Waals surface area (Å²) < 4.78 is 31.0. The quantitative estimate of drug-likeness (QED) is 0.387. The van der Waals surface area contributed by atoms with Gasteiger partial charge in [0, 0.05) is 5.92 Å². The number of carbonyl (C=O) groups excluding carboxylic acids is 1. The van der Waals surface area contributed by atoms with E-state index >= 15 is 0 Å². The summed E-state index contributed by atoms with van der Waals surface area (Å²) in [7, 11) is -4.12. The summed E-state index contributed by atoms with van der Waals surface area (Å²) in [6.45, 7) is 7.33. The van der Waals surface area contributed by atoms with Gasteiger partial charge in [0.15, 0.2) is 0 Å². The lowest BCUT2D eigenvalue weighted by molar-refractivity contribution is -0.126. The molecule has 0 heterocycles. The van der Waals surface area contributed by atoms with Crippen molar-refractivity contribution in [2.24, 2.45) is 17.8 Å². The Labute approximate surface area is 166 Å². The van der Waals surface area contributed by atoms with E-state index in [1.165, 1.54) is 38.5 Å². The lowest BCUT2D eigenvalue weighted by Crippen LogP contribution is -2.49. The number of amides is 1. The third-order valence-corrected chi connectivity index (χ3v) is 6.75. The molecule has 0 bridgehead atoms. The second-order valence-electron chi connectivity index (χ2n) is 8.85. The Morgan fingerprint density at radius 1 is 1.22 bits per heavy atom. The Bertz CT molecular complexity index is 577. The molecule has 2 N–H and O–H groups in total. The van der Waals surface area contributed by atoms with Gasteiger partial charge in [-0.3, -0.25) is 9.35 Å². The Morgan fingerprint density at radius 2 is 1.85 bits per heavy atom. The number of carbonyl (C=O) groups is 1. The highest BCUT2D eigenvalue weighted by atomic mass is 32.2. The maximum absolute atomic E-state index is 12.3. The first-order valence-electron chi connectivity index (χ1n) is 10.5. The molecule has 2 atom stereocenters. The summed E-state index contributed by atoms with van der Waals surface area (Å²) >= 11 is 0. The first-order valence-corrected chi connectivity index (χ1v) is 12.1. The summed E-state index contributed by atoms with van der Waals surface area (Å²) in [4.78, 5) is 12.3. The number of hydrogen-bond donors (Lipinski definition) is 2. The van der Waals surface area contributed by atoms with Crippen molar-refractivity contribution in [3.63, 3.8) is 0 Å². The van der Waals surface area contributed by atoms with Crippen LogP contribution in [0.4, 0.5) is 0 Å². The van der Waals surface area contributed by atoms with Gasteiger partial charge < -0.3 is 5.32 Å². The molecule has 0 aliphatic heterocycles. The fourth-order valence-electron chi connectivity index (χ4n) is 4.11. The summed E-state index contributed by atoms with van der Waals surface area (Å²) in [5.41, 5.74) is -0.983. The van der Waals surface area contributed by atoms with Crippen molar-refractivity contribution < 1.29 is 17.8 Å². The van der Waals surface area contributed by atoms with Gasteiger partial charge in [0.1, 0.15) is 0 Å². The lowest BCUT2D eigenvalue weighted by atomic mass is 9.77. The van der Waals surface area contributed by atoms with Crippen LogP contribution in [0.15, 0.2) is 12.2 Å². The van der Waals surface area contributed by atoms with Gasteiger partial charge in [-0.15, -0.1) is 0 Å². The van der Waals surface area contributed by atoms with Crippen molar-refractivity contribution in [2.75, 3.05) is 5.75 Å². The van der Waals surface area contributed by atoms with Crippen molar-refractivity contribution in [1.29, 1.82) is 0 Å². The molecule has 0 aromatic rings. The summed E-state index contributed by atoms with van der Waals surface area (Å²) in [6, 6.07) is 0. The van der Waals surface area contributed by atoms with E-state index in [4.69, 9.17) is 4.55 Å². The Balaban J connectivity index is 2.35. The molecule has 0 aromatic carbocycles. The predicted octanol–water partition coefficient (Wildman–Crippen LogP) is 4.74. The molecule has 0 aromatic heterocycles. The molecule has 1 aliphatic carbocycles. The van der Waals surface area contributed by atoms with E-state index in [0.717, 1.165) is 31.1 Å². The summed E-state index contributed by atoms with van der Waals surface area (Å²) in [5.74, 6) is 0.797. The molecule has 27 heavy (non-hydrogen) atoms. The van der Waals surface area contributed by atoms with Gasteiger partial charge >= 0.3 is 0 Å². The molecule has 1 amide bonds. The second-order valence-corrected chi connectivity index (χ2v) is 10.3. The average molecular weight is 402 g/mol. The number of allylic oxidation sites excluding steroid dienone is 2. The maximum Gasteiger partial charge on any atom is 0.267 e. The van der Waals surface area contributed by atoms with Crippen LogP contribution in [0.5, 0.6) is 0 Å². The van der Waals surface area contributed by atoms with Gasteiger partial charge in [-0.1, -0.05) is 64.5 Å². The minimum Gasteiger partial charge on any atom is -0.350 e. The van der Waals surface area contributed by atoms with Crippen LogP contribution in [0.1, 0.15) is 85.5 Å². The standard InChI is InChI=1S/C21H39NO4S/c1-5-18(19-14-10-7-11-15-19)13-9-6-8-12-17(2)20(23)22-21(3,4)16-27(24,25)26/h6,9,17-19H,5,7-8,10-16H2,1-4H3,(H,22,23)(H,24,25,26)/b9-6+. The van der Waals surface area contributed by atoms with Crippen molar-refractivity contribution >= 4 is 16.0 Å². The first-order chi connectivity index (χ1) is 12.5. The number of nitrogens with one attached hydrogen (secondary N) is 1. The smallest absolute Gasteiger partial charge is 0.267 e. The Morgan fingerprint density at radius 3 is 2.41 bits per heavy atom. The van der Waals surface area contributed by atoms with Crippen LogP contribution in [-0.2, 0) is 14.9 Å². The Kier molecular flexibility index (Phi) is 10.0. The van der Waals surface area contributed by atoms with Crippen LogP contribution >= 0.6 is 0 Å². The minimum absolute atomic E-state index is 0.175. The van der Waals surface area contributed by atoms with Crippen LogP contribution in [0.3, 0.4) is 0 Å². The molecule has 2 unspecified atom stereocenters. The zero-order chi connectivity index (χ0) is 20.5. The molecule has 0 saturated heterocycles. The highest BCUT2D eigenvalue weighted by molar-refractivity contribution is 7.85. The van der Waals surface area contributed by atoms with E-state index in [9.17, 15) is 13.2 Å². The van der Waals surface area contributed by atoms with Crippen molar-refractivity contribution in [2.45, 2.75) is 91.0 Å². The zero-order valence-electron chi connectivity index (χ0n) is 17.5. The zero-order valence-corrected chi connectivity index (χ0v) is 18.4. The SMILES string of the molecule is CCC(C/C=C/CCC(C)C(=O)NC(C)(C)CS(=O)(=O)O)C1CCCCC1.